The summed E-state index contributed by atoms with van der Waals surface area (Å²) in [5, 5.41) is 3.08. The highest BCUT2D eigenvalue weighted by Gasteiger charge is 2.14. The fourth-order valence-corrected chi connectivity index (χ4v) is 2.66. The van der Waals surface area contributed by atoms with Gasteiger partial charge in [-0.05, 0) is 18.2 Å². The van der Waals surface area contributed by atoms with E-state index in [-0.39, 0.29) is 5.69 Å². The average Bonchev–Trinajstić information content (AvgIpc) is 3.11. The van der Waals surface area contributed by atoms with Gasteiger partial charge < -0.3 is 5.32 Å². The number of imidazole rings is 1. The summed E-state index contributed by atoms with van der Waals surface area (Å²) in [4.78, 5) is 16.8. The highest BCUT2D eigenvalue weighted by atomic mass is 19.3. The van der Waals surface area contributed by atoms with Crippen LogP contribution in [0, 0.1) is 0 Å². The molecule has 1 aromatic carbocycles. The molecule has 0 amide bonds. The van der Waals surface area contributed by atoms with Crippen LogP contribution < -0.4 is 5.32 Å². The molecule has 0 aliphatic heterocycles. The number of anilines is 1. The molecule has 1 N–H and O–H groups in total. The van der Waals surface area contributed by atoms with E-state index in [9.17, 15) is 8.78 Å². The predicted molar refractivity (Wildman–Crippen MR) is 94.0 cm³/mol. The van der Waals surface area contributed by atoms with Gasteiger partial charge in [-0.25, -0.2) is 28.7 Å². The lowest BCUT2D eigenvalue weighted by Gasteiger charge is -2.07. The van der Waals surface area contributed by atoms with E-state index >= 15 is 0 Å². The molecule has 8 heteroatoms. The zero-order valence-corrected chi connectivity index (χ0v) is 13.8. The molecule has 0 saturated heterocycles. The third-order valence-electron chi connectivity index (χ3n) is 3.97. The summed E-state index contributed by atoms with van der Waals surface area (Å²) in [6, 6.07) is 9.60. The van der Waals surface area contributed by atoms with E-state index in [1.807, 2.05) is 31.3 Å². The normalized spacial score (nSPS) is 11.2. The molecule has 4 aromatic rings. The first-order valence-electron chi connectivity index (χ1n) is 7.88. The van der Waals surface area contributed by atoms with Crippen LogP contribution in [0.15, 0.2) is 55.1 Å². The van der Waals surface area contributed by atoms with E-state index in [0.717, 1.165) is 16.9 Å². The summed E-state index contributed by atoms with van der Waals surface area (Å²) in [5.74, 6) is 0.399. The minimum absolute atomic E-state index is 0.324. The van der Waals surface area contributed by atoms with Crippen molar-refractivity contribution in [3.63, 3.8) is 0 Å². The van der Waals surface area contributed by atoms with Crippen LogP contribution in [-0.4, -0.2) is 31.4 Å². The maximum atomic E-state index is 13.0. The number of halogens is 2. The lowest BCUT2D eigenvalue weighted by molar-refractivity contribution is 0.145. The zero-order valence-electron chi connectivity index (χ0n) is 13.8. The summed E-state index contributed by atoms with van der Waals surface area (Å²) in [6.45, 7) is 0. The van der Waals surface area contributed by atoms with Gasteiger partial charge in [-0.3, -0.25) is 4.40 Å². The number of aromatic nitrogens is 5. The van der Waals surface area contributed by atoms with Crippen LogP contribution in [0.5, 0.6) is 0 Å². The Morgan fingerprint density at radius 1 is 1.08 bits per heavy atom. The molecule has 6 nitrogen and oxygen atoms in total. The van der Waals surface area contributed by atoms with Crippen LogP contribution in [0.25, 0.3) is 28.4 Å². The fraction of sp³-hybridized carbons (Fsp3) is 0.111. The number of rotatable bonds is 4. The Hall–Kier alpha value is -3.42. The van der Waals surface area contributed by atoms with E-state index < -0.39 is 6.43 Å². The predicted octanol–water partition coefficient (Wildman–Crippen LogP) is 3.83. The van der Waals surface area contributed by atoms with Gasteiger partial charge in [-0.2, -0.15) is 0 Å². The van der Waals surface area contributed by atoms with E-state index in [1.54, 1.807) is 18.5 Å². The topological polar surface area (TPSA) is 68.0 Å². The van der Waals surface area contributed by atoms with Gasteiger partial charge in [-0.1, -0.05) is 12.1 Å². The second kappa shape index (κ2) is 6.47. The van der Waals surface area contributed by atoms with Crippen LogP contribution in [-0.2, 0) is 0 Å². The number of benzene rings is 1. The highest BCUT2D eigenvalue weighted by molar-refractivity contribution is 5.67. The standard InChI is InChI=1S/C18H14F2N6/c1-21-12-4-2-3-11(7-12)13-5-6-22-18(25-13)15-8-24-16-9-23-14(17(19)20)10-26(15)16/h2-10,17,21H,1H3. The summed E-state index contributed by atoms with van der Waals surface area (Å²) in [6.07, 6.45) is 3.10. The van der Waals surface area contributed by atoms with Crippen molar-refractivity contribution in [2.75, 3.05) is 12.4 Å². The lowest BCUT2D eigenvalue weighted by Crippen LogP contribution is -1.99. The molecule has 0 spiro atoms. The van der Waals surface area contributed by atoms with Crippen LogP contribution >= 0.6 is 0 Å². The number of alkyl halides is 2. The number of hydrogen-bond acceptors (Lipinski definition) is 5. The molecule has 4 rings (SSSR count). The van der Waals surface area contributed by atoms with Crippen molar-refractivity contribution in [1.82, 2.24) is 24.3 Å². The summed E-state index contributed by atoms with van der Waals surface area (Å²) in [7, 11) is 1.84. The largest absolute Gasteiger partial charge is 0.388 e. The maximum Gasteiger partial charge on any atom is 0.281 e. The van der Waals surface area contributed by atoms with Crippen molar-refractivity contribution in [2.24, 2.45) is 0 Å². The lowest BCUT2D eigenvalue weighted by atomic mass is 10.1. The number of hydrogen-bond donors (Lipinski definition) is 1. The smallest absolute Gasteiger partial charge is 0.281 e. The van der Waals surface area contributed by atoms with E-state index in [4.69, 9.17) is 0 Å². The number of nitrogens with zero attached hydrogens (tertiary/aromatic N) is 5. The van der Waals surface area contributed by atoms with Gasteiger partial charge in [0.05, 0.1) is 18.1 Å². The van der Waals surface area contributed by atoms with Crippen LogP contribution in [0.3, 0.4) is 0 Å². The minimum atomic E-state index is -2.66. The van der Waals surface area contributed by atoms with Gasteiger partial charge in [0.1, 0.15) is 11.4 Å². The van der Waals surface area contributed by atoms with Crippen molar-refractivity contribution < 1.29 is 8.78 Å². The van der Waals surface area contributed by atoms with E-state index in [0.29, 0.717) is 17.2 Å². The zero-order chi connectivity index (χ0) is 18.1. The fourth-order valence-electron chi connectivity index (χ4n) is 2.66. The first kappa shape index (κ1) is 16.1. The minimum Gasteiger partial charge on any atom is -0.388 e. The number of nitrogens with one attached hydrogen (secondary N) is 1. The van der Waals surface area contributed by atoms with E-state index in [2.05, 4.69) is 25.3 Å². The molecule has 3 aromatic heterocycles. The van der Waals surface area contributed by atoms with Crippen LogP contribution in [0.1, 0.15) is 12.1 Å². The second-order valence-electron chi connectivity index (χ2n) is 5.58. The van der Waals surface area contributed by atoms with Crippen molar-refractivity contribution in [3.05, 3.63) is 60.8 Å². The van der Waals surface area contributed by atoms with Crippen molar-refractivity contribution in [1.29, 1.82) is 0 Å². The molecular formula is C18H14F2N6. The van der Waals surface area contributed by atoms with Crippen molar-refractivity contribution >= 4 is 11.3 Å². The molecule has 26 heavy (non-hydrogen) atoms. The van der Waals surface area contributed by atoms with Gasteiger partial charge in [0, 0.05) is 30.7 Å². The average molecular weight is 352 g/mol. The Labute approximate surface area is 147 Å². The molecule has 0 aliphatic carbocycles. The molecule has 0 aliphatic rings. The van der Waals surface area contributed by atoms with Crippen LogP contribution in [0.4, 0.5) is 14.5 Å². The molecule has 130 valence electrons. The van der Waals surface area contributed by atoms with Gasteiger partial charge in [0.15, 0.2) is 11.5 Å². The van der Waals surface area contributed by atoms with Crippen molar-refractivity contribution in [2.45, 2.75) is 6.43 Å². The number of fused-ring (bicyclic) bond motifs is 1. The Morgan fingerprint density at radius 3 is 2.77 bits per heavy atom. The molecular weight excluding hydrogens is 338 g/mol. The Kier molecular flexibility index (Phi) is 4.00. The molecule has 0 fully saturated rings. The molecule has 0 bridgehead atoms. The Morgan fingerprint density at radius 2 is 1.96 bits per heavy atom. The first-order chi connectivity index (χ1) is 12.7. The summed E-state index contributed by atoms with van der Waals surface area (Å²) < 4.78 is 27.4. The molecule has 0 radical (unpaired) electrons. The molecule has 3 heterocycles. The van der Waals surface area contributed by atoms with Crippen LogP contribution in [0.2, 0.25) is 0 Å². The highest BCUT2D eigenvalue weighted by Crippen LogP contribution is 2.24. The van der Waals surface area contributed by atoms with E-state index in [1.165, 1.54) is 16.8 Å². The van der Waals surface area contributed by atoms with Crippen molar-refractivity contribution in [3.8, 4) is 22.8 Å². The Balaban J connectivity index is 1.81. The third kappa shape index (κ3) is 2.85. The van der Waals surface area contributed by atoms with Gasteiger partial charge in [0.2, 0.25) is 0 Å². The summed E-state index contributed by atoms with van der Waals surface area (Å²) >= 11 is 0. The molecule has 0 unspecified atom stereocenters. The molecule has 0 saturated carbocycles. The SMILES string of the molecule is CNc1cccc(-c2ccnc(-c3cnc4cnc(C(F)F)cn34)n2)c1. The third-order valence-corrected chi connectivity index (χ3v) is 3.97. The molecule has 0 atom stereocenters. The Bertz CT molecular complexity index is 1080. The van der Waals surface area contributed by atoms with Gasteiger partial charge in [-0.15, -0.1) is 0 Å². The maximum absolute atomic E-state index is 13.0. The first-order valence-corrected chi connectivity index (χ1v) is 7.88. The quantitative estimate of drug-likeness (QED) is 0.604. The van der Waals surface area contributed by atoms with Gasteiger partial charge in [0.25, 0.3) is 6.43 Å². The monoisotopic (exact) mass is 352 g/mol. The van der Waals surface area contributed by atoms with Gasteiger partial charge >= 0.3 is 0 Å². The second-order valence-corrected chi connectivity index (χ2v) is 5.58. The summed E-state index contributed by atoms with van der Waals surface area (Å²) in [5.41, 5.74) is 3.26.